The number of hydrogen-bond acceptors (Lipinski definition) is 6. The summed E-state index contributed by atoms with van der Waals surface area (Å²) in [4.78, 5) is 26.9. The third kappa shape index (κ3) is 4.15. The van der Waals surface area contributed by atoms with E-state index in [0.29, 0.717) is 0 Å². The molecule has 3 aromatic rings. The van der Waals surface area contributed by atoms with Crippen LogP contribution in [0.15, 0.2) is 60.7 Å². The molecule has 0 aliphatic carbocycles. The minimum Gasteiger partial charge on any atom is -0.353 e. The zero-order valence-corrected chi connectivity index (χ0v) is 18.1. The maximum absolute atomic E-state index is 12.9. The highest BCUT2D eigenvalue weighted by molar-refractivity contribution is 7.16. The molecule has 0 saturated heterocycles. The van der Waals surface area contributed by atoms with Crippen molar-refractivity contribution >= 4 is 34.0 Å². The van der Waals surface area contributed by atoms with Gasteiger partial charge in [-0.3, -0.25) is 19.8 Å². The van der Waals surface area contributed by atoms with Crippen LogP contribution in [0.1, 0.15) is 31.9 Å². The number of thiophene rings is 1. The van der Waals surface area contributed by atoms with Gasteiger partial charge in [0.25, 0.3) is 11.6 Å². The first-order chi connectivity index (χ1) is 15.6. The Morgan fingerprint density at radius 1 is 1.12 bits per heavy atom. The average Bonchev–Trinajstić information content (AvgIpc) is 3.16. The maximum atomic E-state index is 12.9. The Kier molecular flexibility index (Phi) is 5.46. The predicted molar refractivity (Wildman–Crippen MR) is 126 cm³/mol. The molecule has 1 aromatic heterocycles. The number of nitro benzene ring substituents is 1. The van der Waals surface area contributed by atoms with Crippen LogP contribution in [0.5, 0.6) is 0 Å². The van der Waals surface area contributed by atoms with E-state index < -0.39 is 4.92 Å². The molecule has 0 spiro atoms. The van der Waals surface area contributed by atoms with Gasteiger partial charge in [0.1, 0.15) is 11.2 Å². The largest absolute Gasteiger partial charge is 0.353 e. The van der Waals surface area contributed by atoms with Gasteiger partial charge in [-0.15, -0.1) is 11.3 Å². The number of anilines is 1. The highest BCUT2D eigenvalue weighted by atomic mass is 32.1. The summed E-state index contributed by atoms with van der Waals surface area (Å²) in [6.07, 6.45) is 4.25. The summed E-state index contributed by atoms with van der Waals surface area (Å²) < 4.78 is 0. The van der Waals surface area contributed by atoms with E-state index in [2.05, 4.69) is 39.8 Å². The van der Waals surface area contributed by atoms with Crippen LogP contribution in [-0.4, -0.2) is 28.4 Å². The van der Waals surface area contributed by atoms with E-state index >= 15 is 0 Å². The molecule has 2 aromatic carbocycles. The number of nitrogens with zero attached hydrogens (tertiary/aromatic N) is 2. The van der Waals surface area contributed by atoms with Crippen LogP contribution in [0.4, 0.5) is 10.7 Å². The fourth-order valence-corrected chi connectivity index (χ4v) is 5.50. The summed E-state index contributed by atoms with van der Waals surface area (Å²) in [7, 11) is 0. The molecule has 1 amide bonds. The van der Waals surface area contributed by atoms with Gasteiger partial charge in [-0.1, -0.05) is 36.4 Å². The summed E-state index contributed by atoms with van der Waals surface area (Å²) in [5.74, 6) is -0.0499. The van der Waals surface area contributed by atoms with Crippen LogP contribution in [-0.2, 0) is 19.5 Å². The fraction of sp³-hybridized carbons (Fsp3) is 0.208. The third-order valence-corrected chi connectivity index (χ3v) is 6.92. The monoisotopic (exact) mass is 446 g/mol. The Morgan fingerprint density at radius 2 is 1.91 bits per heavy atom. The van der Waals surface area contributed by atoms with Crippen LogP contribution in [0, 0.1) is 10.1 Å². The Morgan fingerprint density at radius 3 is 2.66 bits per heavy atom. The van der Waals surface area contributed by atoms with E-state index in [9.17, 15) is 14.9 Å². The van der Waals surface area contributed by atoms with E-state index in [-0.39, 0.29) is 17.8 Å². The standard InChI is InChI=1S/C24H22N4O3S/c29-23-22-19-12-13-27(14-17-4-2-1-3-5-17)15-20(19)32-24(22)26-21(25-23)11-8-16-6-9-18(10-7-16)28(30)31/h1-11,21,26H,12-15H2,(H,25,29). The van der Waals surface area contributed by atoms with Crippen molar-refractivity contribution in [2.24, 2.45) is 0 Å². The van der Waals surface area contributed by atoms with Gasteiger partial charge in [0.2, 0.25) is 0 Å². The molecule has 0 radical (unpaired) electrons. The summed E-state index contributed by atoms with van der Waals surface area (Å²) in [5, 5.41) is 18.1. The van der Waals surface area contributed by atoms with E-state index in [1.807, 2.05) is 18.2 Å². The minimum absolute atomic E-state index is 0.0499. The van der Waals surface area contributed by atoms with Gasteiger partial charge in [-0.2, -0.15) is 0 Å². The van der Waals surface area contributed by atoms with Crippen molar-refractivity contribution in [1.82, 2.24) is 10.2 Å². The van der Waals surface area contributed by atoms with Gasteiger partial charge < -0.3 is 10.6 Å². The molecular formula is C24H22N4O3S. The number of fused-ring (bicyclic) bond motifs is 3. The molecule has 1 atom stereocenters. The first-order valence-corrected chi connectivity index (χ1v) is 11.3. The first kappa shape index (κ1) is 20.4. The second kappa shape index (κ2) is 8.57. The molecule has 3 heterocycles. The van der Waals surface area contributed by atoms with E-state index in [0.717, 1.165) is 47.7 Å². The fourth-order valence-electron chi connectivity index (χ4n) is 4.18. The van der Waals surface area contributed by atoms with Crippen molar-refractivity contribution < 1.29 is 9.72 Å². The van der Waals surface area contributed by atoms with Gasteiger partial charge in [-0.05, 0) is 41.3 Å². The lowest BCUT2D eigenvalue weighted by atomic mass is 10.0. The number of nitrogens with one attached hydrogen (secondary N) is 2. The number of nitro groups is 1. The van der Waals surface area contributed by atoms with Gasteiger partial charge >= 0.3 is 0 Å². The van der Waals surface area contributed by atoms with Crippen LogP contribution in [0.25, 0.3) is 6.08 Å². The molecule has 5 rings (SSSR count). The van der Waals surface area contributed by atoms with Crippen molar-refractivity contribution in [1.29, 1.82) is 0 Å². The molecule has 7 nitrogen and oxygen atoms in total. The normalized spacial score (nSPS) is 18.0. The zero-order valence-electron chi connectivity index (χ0n) is 17.3. The lowest BCUT2D eigenvalue weighted by Gasteiger charge is -2.28. The highest BCUT2D eigenvalue weighted by Crippen LogP contribution is 2.39. The summed E-state index contributed by atoms with van der Waals surface area (Å²) in [6.45, 7) is 2.69. The first-order valence-electron chi connectivity index (χ1n) is 10.5. The van der Waals surface area contributed by atoms with Crippen LogP contribution < -0.4 is 10.6 Å². The highest BCUT2D eigenvalue weighted by Gasteiger charge is 2.32. The van der Waals surface area contributed by atoms with Crippen molar-refractivity contribution in [3.8, 4) is 0 Å². The maximum Gasteiger partial charge on any atom is 0.269 e. The van der Waals surface area contributed by atoms with E-state index in [1.54, 1.807) is 23.5 Å². The zero-order chi connectivity index (χ0) is 22.1. The predicted octanol–water partition coefficient (Wildman–Crippen LogP) is 4.41. The quantitative estimate of drug-likeness (QED) is 0.448. The SMILES string of the molecule is O=C1NC(C=Cc2ccc([N+](=O)[O-])cc2)Nc2sc3c(c21)CCN(Cc1ccccc1)C3. The molecule has 1 unspecified atom stereocenters. The van der Waals surface area contributed by atoms with Gasteiger partial charge in [-0.25, -0.2) is 0 Å². The Labute approximate surface area is 189 Å². The molecule has 2 aliphatic rings. The molecule has 162 valence electrons. The molecule has 0 saturated carbocycles. The lowest BCUT2D eigenvalue weighted by molar-refractivity contribution is -0.384. The molecule has 2 aliphatic heterocycles. The number of hydrogen-bond donors (Lipinski definition) is 2. The third-order valence-electron chi connectivity index (χ3n) is 5.77. The number of amides is 1. The van der Waals surface area contributed by atoms with Crippen LogP contribution >= 0.6 is 11.3 Å². The molecule has 32 heavy (non-hydrogen) atoms. The van der Waals surface area contributed by atoms with Crippen molar-refractivity contribution in [3.05, 3.63) is 97.9 Å². The van der Waals surface area contributed by atoms with Crippen molar-refractivity contribution in [2.75, 3.05) is 11.9 Å². The second-order valence-corrected chi connectivity index (χ2v) is 9.06. The van der Waals surface area contributed by atoms with Crippen LogP contribution in [0.3, 0.4) is 0 Å². The van der Waals surface area contributed by atoms with E-state index in [1.165, 1.54) is 22.6 Å². The molecular weight excluding hydrogens is 424 g/mol. The summed E-state index contributed by atoms with van der Waals surface area (Å²) in [6, 6.07) is 16.8. The molecule has 0 bridgehead atoms. The van der Waals surface area contributed by atoms with Crippen LogP contribution in [0.2, 0.25) is 0 Å². The summed E-state index contributed by atoms with van der Waals surface area (Å²) >= 11 is 1.66. The number of carbonyl (C=O) groups excluding carboxylic acids is 1. The van der Waals surface area contributed by atoms with E-state index in [4.69, 9.17) is 0 Å². The molecule has 0 fully saturated rings. The number of benzene rings is 2. The smallest absolute Gasteiger partial charge is 0.269 e. The minimum atomic E-state index is -0.419. The van der Waals surface area contributed by atoms with Gasteiger partial charge in [0.15, 0.2) is 0 Å². The summed E-state index contributed by atoms with van der Waals surface area (Å²) in [5.41, 5.74) is 4.13. The van der Waals surface area contributed by atoms with Crippen molar-refractivity contribution in [2.45, 2.75) is 25.7 Å². The number of carbonyl (C=O) groups is 1. The molecule has 8 heteroatoms. The second-order valence-electron chi connectivity index (χ2n) is 7.96. The number of non-ortho nitro benzene ring substituents is 1. The lowest BCUT2D eigenvalue weighted by Crippen LogP contribution is -2.43. The Hall–Kier alpha value is -3.49. The topological polar surface area (TPSA) is 87.5 Å². The molecule has 2 N–H and O–H groups in total. The number of rotatable bonds is 5. The Balaban J connectivity index is 1.29. The van der Waals surface area contributed by atoms with Crippen molar-refractivity contribution in [3.63, 3.8) is 0 Å². The Bertz CT molecular complexity index is 1190. The van der Waals surface area contributed by atoms with Gasteiger partial charge in [0.05, 0.1) is 10.5 Å². The average molecular weight is 447 g/mol. The van der Waals surface area contributed by atoms with Gasteiger partial charge in [0, 0.05) is 36.6 Å².